The van der Waals surface area contributed by atoms with Crippen LogP contribution in [0.15, 0.2) is 18.2 Å². The number of rotatable bonds is 4. The van der Waals surface area contributed by atoms with E-state index in [-0.39, 0.29) is 12.3 Å². The molecular weight excluding hydrogens is 325 g/mol. The quantitative estimate of drug-likeness (QED) is 0.915. The molecule has 0 spiro atoms. The minimum Gasteiger partial charge on any atom is -0.480 e. The molecule has 0 amide bonds. The van der Waals surface area contributed by atoms with Crippen LogP contribution in [0.2, 0.25) is 10.0 Å². The molecule has 1 aromatic rings. The molecule has 1 unspecified atom stereocenters. The lowest BCUT2D eigenvalue weighted by molar-refractivity contribution is -0.140. The number of sulfonamides is 1. The zero-order chi connectivity index (χ0) is 14.9. The summed E-state index contributed by atoms with van der Waals surface area (Å²) in [7, 11) is -3.71. The smallest absolute Gasteiger partial charge is 0.322 e. The fourth-order valence-corrected chi connectivity index (χ4v) is 4.62. The summed E-state index contributed by atoms with van der Waals surface area (Å²) in [5.41, 5.74) is 0.443. The molecule has 1 aromatic carbocycles. The first kappa shape index (κ1) is 15.6. The average Bonchev–Trinajstić information content (AvgIpc) is 2.75. The number of nitrogens with zero attached hydrogens (tertiary/aromatic N) is 1. The van der Waals surface area contributed by atoms with Gasteiger partial charge in [0.2, 0.25) is 10.0 Å². The molecule has 0 saturated carbocycles. The van der Waals surface area contributed by atoms with E-state index in [2.05, 4.69) is 0 Å². The van der Waals surface area contributed by atoms with Gasteiger partial charge in [-0.15, -0.1) is 0 Å². The molecule has 1 aliphatic heterocycles. The molecule has 110 valence electrons. The van der Waals surface area contributed by atoms with E-state index >= 15 is 0 Å². The van der Waals surface area contributed by atoms with Crippen LogP contribution < -0.4 is 0 Å². The topological polar surface area (TPSA) is 74.7 Å². The Hall–Kier alpha value is -0.820. The summed E-state index contributed by atoms with van der Waals surface area (Å²) >= 11 is 11.7. The molecule has 1 aliphatic rings. The highest BCUT2D eigenvalue weighted by Gasteiger charge is 2.38. The van der Waals surface area contributed by atoms with Gasteiger partial charge in [0.1, 0.15) is 6.04 Å². The summed E-state index contributed by atoms with van der Waals surface area (Å²) in [6.45, 7) is 0.230. The van der Waals surface area contributed by atoms with Gasteiger partial charge in [0, 0.05) is 16.6 Å². The van der Waals surface area contributed by atoms with Gasteiger partial charge >= 0.3 is 5.97 Å². The Kier molecular flexibility index (Phi) is 4.59. The fourth-order valence-electron chi connectivity index (χ4n) is 2.31. The van der Waals surface area contributed by atoms with Crippen LogP contribution >= 0.6 is 23.2 Å². The van der Waals surface area contributed by atoms with Crippen molar-refractivity contribution in [2.75, 3.05) is 6.54 Å². The van der Waals surface area contributed by atoms with Crippen LogP contribution in [-0.4, -0.2) is 36.4 Å². The summed E-state index contributed by atoms with van der Waals surface area (Å²) < 4.78 is 25.7. The molecule has 0 bridgehead atoms. The molecule has 20 heavy (non-hydrogen) atoms. The monoisotopic (exact) mass is 337 g/mol. The van der Waals surface area contributed by atoms with E-state index in [0.29, 0.717) is 28.5 Å². The molecule has 5 nitrogen and oxygen atoms in total. The van der Waals surface area contributed by atoms with Crippen molar-refractivity contribution >= 4 is 39.2 Å². The minimum absolute atomic E-state index is 0.230. The van der Waals surface area contributed by atoms with Crippen molar-refractivity contribution in [3.8, 4) is 0 Å². The zero-order valence-corrected chi connectivity index (χ0v) is 12.7. The molecule has 1 fully saturated rings. The molecule has 8 heteroatoms. The molecular formula is C12H13Cl2NO4S. The number of benzene rings is 1. The SMILES string of the molecule is O=C(O)C1CCCN1S(=O)(=O)Cc1cc(Cl)cc(Cl)c1. The zero-order valence-electron chi connectivity index (χ0n) is 10.4. The predicted molar refractivity (Wildman–Crippen MR) is 76.4 cm³/mol. The van der Waals surface area contributed by atoms with Crippen LogP contribution in [0.25, 0.3) is 0 Å². The Bertz CT molecular complexity index is 612. The van der Waals surface area contributed by atoms with Gasteiger partial charge in [-0.25, -0.2) is 8.42 Å². The van der Waals surface area contributed by atoms with Gasteiger partial charge in [-0.1, -0.05) is 23.2 Å². The number of carbonyl (C=O) groups is 1. The highest BCUT2D eigenvalue weighted by Crippen LogP contribution is 2.26. The van der Waals surface area contributed by atoms with E-state index < -0.39 is 22.0 Å². The van der Waals surface area contributed by atoms with Gasteiger partial charge in [-0.05, 0) is 36.6 Å². The van der Waals surface area contributed by atoms with Crippen molar-refractivity contribution in [2.24, 2.45) is 0 Å². The summed E-state index contributed by atoms with van der Waals surface area (Å²) in [6.07, 6.45) is 0.886. The van der Waals surface area contributed by atoms with Gasteiger partial charge in [0.05, 0.1) is 5.75 Å². The number of hydrogen-bond donors (Lipinski definition) is 1. The molecule has 0 aromatic heterocycles. The van der Waals surface area contributed by atoms with Crippen molar-refractivity contribution in [1.82, 2.24) is 4.31 Å². The molecule has 0 radical (unpaired) electrons. The van der Waals surface area contributed by atoms with Gasteiger partial charge < -0.3 is 5.11 Å². The van der Waals surface area contributed by atoms with Crippen LogP contribution in [0.3, 0.4) is 0 Å². The van der Waals surface area contributed by atoms with Crippen molar-refractivity contribution < 1.29 is 18.3 Å². The third kappa shape index (κ3) is 3.44. The number of hydrogen-bond acceptors (Lipinski definition) is 3. The van der Waals surface area contributed by atoms with E-state index in [9.17, 15) is 13.2 Å². The molecule has 1 saturated heterocycles. The first-order valence-electron chi connectivity index (χ1n) is 5.97. The second-order valence-electron chi connectivity index (χ2n) is 4.64. The van der Waals surface area contributed by atoms with Crippen LogP contribution in [0, 0.1) is 0 Å². The number of carboxylic acid groups (broad SMARTS) is 1. The lowest BCUT2D eigenvalue weighted by Crippen LogP contribution is -2.40. The van der Waals surface area contributed by atoms with E-state index in [1.807, 2.05) is 0 Å². The maximum atomic E-state index is 12.3. The van der Waals surface area contributed by atoms with E-state index in [1.165, 1.54) is 18.2 Å². The average molecular weight is 338 g/mol. The number of halogens is 2. The second kappa shape index (κ2) is 5.89. The second-order valence-corrected chi connectivity index (χ2v) is 7.44. The Labute approximate surface area is 127 Å². The van der Waals surface area contributed by atoms with Crippen LogP contribution in [0.1, 0.15) is 18.4 Å². The van der Waals surface area contributed by atoms with Gasteiger partial charge in [0.15, 0.2) is 0 Å². The number of aliphatic carboxylic acids is 1. The number of carboxylic acids is 1. The van der Waals surface area contributed by atoms with E-state index in [1.54, 1.807) is 0 Å². The van der Waals surface area contributed by atoms with E-state index in [0.717, 1.165) is 4.31 Å². The van der Waals surface area contributed by atoms with E-state index in [4.69, 9.17) is 28.3 Å². The first-order chi connectivity index (χ1) is 9.29. The van der Waals surface area contributed by atoms with Crippen molar-refractivity contribution in [3.63, 3.8) is 0 Å². The highest BCUT2D eigenvalue weighted by atomic mass is 35.5. The van der Waals surface area contributed by atoms with Crippen LogP contribution in [0.4, 0.5) is 0 Å². The maximum absolute atomic E-state index is 12.3. The lowest BCUT2D eigenvalue weighted by atomic mass is 10.2. The van der Waals surface area contributed by atoms with Crippen LogP contribution in [0.5, 0.6) is 0 Å². The van der Waals surface area contributed by atoms with Crippen LogP contribution in [-0.2, 0) is 20.6 Å². The Morgan fingerprint density at radius 1 is 1.30 bits per heavy atom. The van der Waals surface area contributed by atoms with Gasteiger partial charge in [0.25, 0.3) is 0 Å². The molecule has 1 N–H and O–H groups in total. The summed E-state index contributed by atoms with van der Waals surface area (Å²) in [5.74, 6) is -1.42. The first-order valence-corrected chi connectivity index (χ1v) is 8.33. The lowest BCUT2D eigenvalue weighted by Gasteiger charge is -2.21. The molecule has 0 aliphatic carbocycles. The van der Waals surface area contributed by atoms with Crippen molar-refractivity contribution in [1.29, 1.82) is 0 Å². The summed E-state index contributed by atoms with van der Waals surface area (Å²) in [4.78, 5) is 11.1. The van der Waals surface area contributed by atoms with Crippen molar-refractivity contribution in [2.45, 2.75) is 24.6 Å². The largest absolute Gasteiger partial charge is 0.480 e. The minimum atomic E-state index is -3.71. The molecule has 1 atom stereocenters. The highest BCUT2D eigenvalue weighted by molar-refractivity contribution is 7.88. The third-order valence-corrected chi connectivity index (χ3v) is 5.40. The summed E-state index contributed by atoms with van der Waals surface area (Å²) in [6, 6.07) is 3.55. The Morgan fingerprint density at radius 3 is 2.45 bits per heavy atom. The Morgan fingerprint density at radius 2 is 1.90 bits per heavy atom. The standard InChI is InChI=1S/C12H13Cl2NO4S/c13-9-4-8(5-10(14)6-9)7-20(18,19)15-3-1-2-11(15)12(16)17/h4-6,11H,1-3,7H2,(H,16,17). The third-order valence-electron chi connectivity index (χ3n) is 3.12. The summed E-state index contributed by atoms with van der Waals surface area (Å²) in [5, 5.41) is 9.75. The van der Waals surface area contributed by atoms with Gasteiger partial charge in [-0.2, -0.15) is 4.31 Å². The predicted octanol–water partition coefficient (Wildman–Crippen LogP) is 2.37. The Balaban J connectivity index is 2.24. The molecule has 2 rings (SSSR count). The molecule has 1 heterocycles. The van der Waals surface area contributed by atoms with Crippen molar-refractivity contribution in [3.05, 3.63) is 33.8 Å². The fraction of sp³-hybridized carbons (Fsp3) is 0.417. The maximum Gasteiger partial charge on any atom is 0.322 e. The normalized spacial score (nSPS) is 20.2. The van der Waals surface area contributed by atoms with Gasteiger partial charge in [-0.3, -0.25) is 4.79 Å².